The van der Waals surface area contributed by atoms with Crippen LogP contribution in [0.3, 0.4) is 0 Å². The van der Waals surface area contributed by atoms with Crippen LogP contribution in [0.4, 0.5) is 4.39 Å². The molecule has 3 rings (SSSR count). The van der Waals surface area contributed by atoms with Gasteiger partial charge in [0, 0.05) is 12.1 Å². The van der Waals surface area contributed by atoms with Gasteiger partial charge in [-0.2, -0.15) is 0 Å². The molecule has 152 valence electrons. The van der Waals surface area contributed by atoms with Crippen LogP contribution in [-0.2, 0) is 9.59 Å². The molecule has 6 nitrogen and oxygen atoms in total. The number of carbonyl (C=O) groups is 2. The Balaban J connectivity index is 2.20. The molecule has 0 bridgehead atoms. The van der Waals surface area contributed by atoms with Crippen LogP contribution in [0.1, 0.15) is 30.5 Å². The maximum absolute atomic E-state index is 13.3. The summed E-state index contributed by atoms with van der Waals surface area (Å²) in [5.41, 5.74) is 0.813. The number of amides is 1. The fraction of sp³-hybridized carbons (Fsp3) is 0.273. The van der Waals surface area contributed by atoms with E-state index in [9.17, 15) is 19.1 Å². The van der Waals surface area contributed by atoms with E-state index < -0.39 is 23.5 Å². The second kappa shape index (κ2) is 8.34. The van der Waals surface area contributed by atoms with Crippen molar-refractivity contribution in [3.63, 3.8) is 0 Å². The first-order valence-corrected chi connectivity index (χ1v) is 9.19. The number of aliphatic hydroxyl groups is 1. The number of halogens is 1. The largest absolute Gasteiger partial charge is 0.507 e. The van der Waals surface area contributed by atoms with Gasteiger partial charge >= 0.3 is 0 Å². The normalized spacial score (nSPS) is 18.2. The van der Waals surface area contributed by atoms with Gasteiger partial charge in [0.25, 0.3) is 11.7 Å². The summed E-state index contributed by atoms with van der Waals surface area (Å²) < 4.78 is 23.9. The molecule has 0 radical (unpaired) electrons. The highest BCUT2D eigenvalue weighted by atomic mass is 19.1. The van der Waals surface area contributed by atoms with Crippen LogP contribution >= 0.6 is 0 Å². The van der Waals surface area contributed by atoms with Gasteiger partial charge in [-0.25, -0.2) is 4.39 Å². The summed E-state index contributed by atoms with van der Waals surface area (Å²) in [5, 5.41) is 10.8. The molecule has 1 fully saturated rings. The SMILES string of the molecule is CCCN1C(=O)C(=O)/C(=C(\O)c2ccc(F)cc2)C1c1ccc(OC)c(OC)c1. The van der Waals surface area contributed by atoms with Crippen molar-refractivity contribution in [1.29, 1.82) is 0 Å². The summed E-state index contributed by atoms with van der Waals surface area (Å²) in [6.07, 6.45) is 0.632. The number of benzene rings is 2. The molecular formula is C22H22FNO5. The molecule has 1 atom stereocenters. The van der Waals surface area contributed by atoms with Crippen molar-refractivity contribution in [2.45, 2.75) is 19.4 Å². The van der Waals surface area contributed by atoms with Crippen molar-refractivity contribution in [3.05, 3.63) is 65.0 Å². The number of nitrogens with zero attached hydrogens (tertiary/aromatic N) is 1. The number of likely N-dealkylation sites (tertiary alicyclic amines) is 1. The number of ether oxygens (including phenoxy) is 2. The first kappa shape index (κ1) is 20.4. The molecular weight excluding hydrogens is 377 g/mol. The molecule has 0 spiro atoms. The van der Waals surface area contributed by atoms with Gasteiger partial charge in [-0.1, -0.05) is 13.0 Å². The zero-order valence-electron chi connectivity index (χ0n) is 16.4. The molecule has 1 aliphatic rings. The van der Waals surface area contributed by atoms with Crippen LogP contribution < -0.4 is 9.47 Å². The molecule has 0 aromatic heterocycles. The van der Waals surface area contributed by atoms with Crippen molar-refractivity contribution in [2.75, 3.05) is 20.8 Å². The molecule has 1 N–H and O–H groups in total. The quantitative estimate of drug-likeness (QED) is 0.456. The van der Waals surface area contributed by atoms with Gasteiger partial charge in [0.15, 0.2) is 11.5 Å². The van der Waals surface area contributed by atoms with Crippen LogP contribution in [0.25, 0.3) is 5.76 Å². The van der Waals surface area contributed by atoms with Gasteiger partial charge in [-0.3, -0.25) is 9.59 Å². The molecule has 2 aromatic rings. The second-order valence-corrected chi connectivity index (χ2v) is 6.61. The highest BCUT2D eigenvalue weighted by Crippen LogP contribution is 2.41. The lowest BCUT2D eigenvalue weighted by Crippen LogP contribution is -2.30. The summed E-state index contributed by atoms with van der Waals surface area (Å²) in [6, 6.07) is 9.38. The first-order valence-electron chi connectivity index (χ1n) is 9.19. The predicted molar refractivity (Wildman–Crippen MR) is 105 cm³/mol. The van der Waals surface area contributed by atoms with E-state index in [-0.39, 0.29) is 16.9 Å². The topological polar surface area (TPSA) is 76.1 Å². The van der Waals surface area contributed by atoms with Gasteiger partial charge in [0.1, 0.15) is 11.6 Å². The molecule has 2 aromatic carbocycles. The first-order chi connectivity index (χ1) is 13.9. The highest BCUT2D eigenvalue weighted by molar-refractivity contribution is 6.46. The third-order valence-corrected chi connectivity index (χ3v) is 4.85. The lowest BCUT2D eigenvalue weighted by atomic mass is 9.95. The minimum Gasteiger partial charge on any atom is -0.507 e. The second-order valence-electron chi connectivity index (χ2n) is 6.61. The molecule has 1 aliphatic heterocycles. The zero-order chi connectivity index (χ0) is 21.1. The Morgan fingerprint density at radius 1 is 1.07 bits per heavy atom. The minimum absolute atomic E-state index is 0.0396. The van der Waals surface area contributed by atoms with E-state index >= 15 is 0 Å². The van der Waals surface area contributed by atoms with Gasteiger partial charge in [-0.15, -0.1) is 0 Å². The summed E-state index contributed by atoms with van der Waals surface area (Å²) in [4.78, 5) is 26.9. The monoisotopic (exact) mass is 399 g/mol. The van der Waals surface area contributed by atoms with E-state index in [1.165, 1.54) is 43.4 Å². The fourth-order valence-corrected chi connectivity index (χ4v) is 3.48. The Hall–Kier alpha value is -3.35. The molecule has 0 saturated carbocycles. The Kier molecular flexibility index (Phi) is 5.87. The van der Waals surface area contributed by atoms with E-state index in [2.05, 4.69) is 0 Å². The molecule has 1 unspecified atom stereocenters. The third-order valence-electron chi connectivity index (χ3n) is 4.85. The maximum Gasteiger partial charge on any atom is 0.295 e. The lowest BCUT2D eigenvalue weighted by Gasteiger charge is -2.25. The fourth-order valence-electron chi connectivity index (χ4n) is 3.48. The smallest absolute Gasteiger partial charge is 0.295 e. The summed E-state index contributed by atoms with van der Waals surface area (Å²) >= 11 is 0. The average Bonchev–Trinajstić information content (AvgIpc) is 2.98. The zero-order valence-corrected chi connectivity index (χ0v) is 16.4. The predicted octanol–water partition coefficient (Wildman–Crippen LogP) is 3.67. The Morgan fingerprint density at radius 2 is 1.72 bits per heavy atom. The number of carbonyl (C=O) groups excluding carboxylic acids is 2. The molecule has 29 heavy (non-hydrogen) atoms. The van der Waals surface area contributed by atoms with Crippen molar-refractivity contribution in [2.24, 2.45) is 0 Å². The van der Waals surface area contributed by atoms with Gasteiger partial charge < -0.3 is 19.5 Å². The third kappa shape index (κ3) is 3.68. The lowest BCUT2D eigenvalue weighted by molar-refractivity contribution is -0.139. The molecule has 0 aliphatic carbocycles. The number of hydrogen-bond acceptors (Lipinski definition) is 5. The van der Waals surface area contributed by atoms with Gasteiger partial charge in [0.2, 0.25) is 0 Å². The van der Waals surface area contributed by atoms with Crippen molar-refractivity contribution < 1.29 is 28.6 Å². The summed E-state index contributed by atoms with van der Waals surface area (Å²) in [5.74, 6) is -1.34. The van der Waals surface area contributed by atoms with E-state index in [0.717, 1.165) is 0 Å². The van der Waals surface area contributed by atoms with Gasteiger partial charge in [0.05, 0.1) is 25.8 Å². The van der Waals surface area contributed by atoms with Crippen molar-refractivity contribution in [1.82, 2.24) is 4.90 Å². The van der Waals surface area contributed by atoms with Crippen LogP contribution in [0, 0.1) is 5.82 Å². The summed E-state index contributed by atoms with van der Waals surface area (Å²) in [7, 11) is 3.00. The van der Waals surface area contributed by atoms with E-state index in [1.54, 1.807) is 18.2 Å². The van der Waals surface area contributed by atoms with E-state index in [1.807, 2.05) is 6.92 Å². The van der Waals surface area contributed by atoms with Crippen LogP contribution in [0.2, 0.25) is 0 Å². The van der Waals surface area contributed by atoms with E-state index in [0.29, 0.717) is 30.0 Å². The van der Waals surface area contributed by atoms with Gasteiger partial charge in [-0.05, 0) is 48.4 Å². The van der Waals surface area contributed by atoms with Crippen molar-refractivity contribution in [3.8, 4) is 11.5 Å². The number of aliphatic hydroxyl groups excluding tert-OH is 1. The van der Waals surface area contributed by atoms with Crippen LogP contribution in [-0.4, -0.2) is 42.5 Å². The van der Waals surface area contributed by atoms with Crippen LogP contribution in [0.15, 0.2) is 48.0 Å². The Morgan fingerprint density at radius 3 is 2.31 bits per heavy atom. The minimum atomic E-state index is -0.792. The molecule has 1 saturated heterocycles. The maximum atomic E-state index is 13.3. The molecule has 1 heterocycles. The number of methoxy groups -OCH3 is 2. The van der Waals surface area contributed by atoms with Crippen LogP contribution in [0.5, 0.6) is 11.5 Å². The summed E-state index contributed by atoms with van der Waals surface area (Å²) in [6.45, 7) is 2.23. The average molecular weight is 399 g/mol. The number of rotatable bonds is 6. The number of hydrogen-bond donors (Lipinski definition) is 1. The highest BCUT2D eigenvalue weighted by Gasteiger charge is 2.45. The Bertz CT molecular complexity index is 968. The van der Waals surface area contributed by atoms with Crippen molar-refractivity contribution >= 4 is 17.4 Å². The Labute approximate surface area is 168 Å². The number of ketones is 1. The standard InChI is InChI=1S/C22H22FNO5/c1-4-11-24-19(14-7-10-16(28-2)17(12-14)29-3)18(21(26)22(24)27)20(25)13-5-8-15(23)9-6-13/h5-10,12,19,25H,4,11H2,1-3H3/b20-18-. The number of Topliss-reactive ketones (excluding diaryl/α,β-unsaturated/α-hetero) is 1. The molecule has 7 heteroatoms. The molecule has 1 amide bonds. The van der Waals surface area contributed by atoms with E-state index in [4.69, 9.17) is 9.47 Å².